The number of hydrogen-bond acceptors (Lipinski definition) is 8. The molecule has 4 rings (SSSR count). The minimum absolute atomic E-state index is 0.311. The molecule has 0 aliphatic heterocycles. The highest BCUT2D eigenvalue weighted by Crippen LogP contribution is 2.22. The molecule has 0 bridgehead atoms. The Hall–Kier alpha value is -3.62. The van der Waals surface area contributed by atoms with E-state index in [9.17, 15) is 0 Å². The summed E-state index contributed by atoms with van der Waals surface area (Å²) < 4.78 is 7.37. The topological polar surface area (TPSA) is 104 Å². The van der Waals surface area contributed by atoms with E-state index < -0.39 is 0 Å². The molecule has 1 N–H and O–H groups in total. The molecule has 142 valence electrons. The molecule has 0 aromatic carbocycles. The van der Waals surface area contributed by atoms with Gasteiger partial charge >= 0.3 is 6.01 Å². The van der Waals surface area contributed by atoms with Crippen LogP contribution in [0.5, 0.6) is 6.01 Å². The summed E-state index contributed by atoms with van der Waals surface area (Å²) >= 11 is 0. The van der Waals surface area contributed by atoms with Gasteiger partial charge in [-0.2, -0.15) is 0 Å². The molecule has 0 spiro atoms. The highest BCUT2D eigenvalue weighted by Gasteiger charge is 2.09. The molecule has 28 heavy (non-hydrogen) atoms. The average molecular weight is 376 g/mol. The normalized spacial score (nSPS) is 11.1. The SMILES string of the molecule is CCOc1ncc(-c2nccc(Nc3cc4c(cn3)ncn4C(C)C)n2)cn1. The van der Waals surface area contributed by atoms with Gasteiger partial charge in [0.25, 0.3) is 0 Å². The predicted molar refractivity (Wildman–Crippen MR) is 105 cm³/mol. The van der Waals surface area contributed by atoms with Crippen LogP contribution in [-0.2, 0) is 0 Å². The van der Waals surface area contributed by atoms with Gasteiger partial charge in [-0.15, -0.1) is 0 Å². The van der Waals surface area contributed by atoms with Crippen molar-refractivity contribution in [3.63, 3.8) is 0 Å². The fourth-order valence-electron chi connectivity index (χ4n) is 2.74. The molecule has 4 heterocycles. The Morgan fingerprint density at radius 1 is 1.04 bits per heavy atom. The van der Waals surface area contributed by atoms with Crippen molar-refractivity contribution < 1.29 is 4.74 Å². The molecule has 0 radical (unpaired) electrons. The Morgan fingerprint density at radius 3 is 2.61 bits per heavy atom. The molecular formula is C19H20N8O. The molecule has 0 aliphatic carbocycles. The molecule has 0 saturated heterocycles. The number of hydrogen-bond donors (Lipinski definition) is 1. The van der Waals surface area contributed by atoms with Crippen LogP contribution in [0.1, 0.15) is 26.8 Å². The Kier molecular flexibility index (Phi) is 4.79. The highest BCUT2D eigenvalue weighted by molar-refractivity contribution is 5.78. The quantitative estimate of drug-likeness (QED) is 0.546. The predicted octanol–water partition coefficient (Wildman–Crippen LogP) is 3.40. The fraction of sp³-hybridized carbons (Fsp3) is 0.263. The lowest BCUT2D eigenvalue weighted by molar-refractivity contribution is 0.312. The molecule has 0 amide bonds. The van der Waals surface area contributed by atoms with Crippen LogP contribution < -0.4 is 10.1 Å². The van der Waals surface area contributed by atoms with Gasteiger partial charge in [0.15, 0.2) is 5.82 Å². The molecule has 0 atom stereocenters. The molecule has 9 nitrogen and oxygen atoms in total. The fourth-order valence-corrected chi connectivity index (χ4v) is 2.74. The second-order valence-corrected chi connectivity index (χ2v) is 6.38. The standard InChI is InChI=1S/C19H20N8O/c1-4-28-19-22-8-13(9-23-19)18-20-6-5-16(26-18)25-17-7-15-14(10-21-17)24-11-27(15)12(2)3/h5-12H,4H2,1-3H3,(H,20,21,25,26). The van der Waals surface area contributed by atoms with Gasteiger partial charge in [-0.25, -0.2) is 29.9 Å². The van der Waals surface area contributed by atoms with E-state index in [0.717, 1.165) is 11.0 Å². The monoisotopic (exact) mass is 376 g/mol. The zero-order valence-electron chi connectivity index (χ0n) is 15.9. The maximum atomic E-state index is 5.26. The van der Waals surface area contributed by atoms with E-state index in [0.29, 0.717) is 41.7 Å². The van der Waals surface area contributed by atoms with E-state index >= 15 is 0 Å². The van der Waals surface area contributed by atoms with Crippen LogP contribution in [0, 0.1) is 0 Å². The lowest BCUT2D eigenvalue weighted by atomic mass is 10.3. The van der Waals surface area contributed by atoms with Crippen molar-refractivity contribution in [1.82, 2.24) is 34.5 Å². The van der Waals surface area contributed by atoms with Crippen molar-refractivity contribution in [2.45, 2.75) is 26.8 Å². The molecule has 4 aromatic heterocycles. The first-order chi connectivity index (χ1) is 13.6. The lowest BCUT2D eigenvalue weighted by Crippen LogP contribution is -2.01. The summed E-state index contributed by atoms with van der Waals surface area (Å²) in [4.78, 5) is 26.0. The van der Waals surface area contributed by atoms with Gasteiger partial charge in [0.1, 0.15) is 17.2 Å². The molecule has 0 saturated carbocycles. The maximum absolute atomic E-state index is 5.26. The van der Waals surface area contributed by atoms with Crippen LogP contribution in [0.4, 0.5) is 11.6 Å². The Bertz CT molecular complexity index is 1090. The number of fused-ring (bicyclic) bond motifs is 1. The van der Waals surface area contributed by atoms with Gasteiger partial charge in [-0.05, 0) is 26.8 Å². The second-order valence-electron chi connectivity index (χ2n) is 6.38. The smallest absolute Gasteiger partial charge is 0.316 e. The molecule has 0 unspecified atom stereocenters. The van der Waals surface area contributed by atoms with E-state index in [4.69, 9.17) is 4.74 Å². The molecule has 9 heteroatoms. The third-order valence-corrected chi connectivity index (χ3v) is 4.09. The van der Waals surface area contributed by atoms with Crippen molar-refractivity contribution in [1.29, 1.82) is 0 Å². The number of aromatic nitrogens is 7. The van der Waals surface area contributed by atoms with Crippen LogP contribution in [-0.4, -0.2) is 41.1 Å². The van der Waals surface area contributed by atoms with Gasteiger partial charge in [-0.1, -0.05) is 0 Å². The summed E-state index contributed by atoms with van der Waals surface area (Å²) in [5, 5.41) is 3.22. The van der Waals surface area contributed by atoms with E-state index in [1.807, 2.05) is 19.3 Å². The van der Waals surface area contributed by atoms with Crippen molar-refractivity contribution in [2.24, 2.45) is 0 Å². The largest absolute Gasteiger partial charge is 0.464 e. The molecule has 0 fully saturated rings. The van der Waals surface area contributed by atoms with Crippen LogP contribution in [0.25, 0.3) is 22.4 Å². The van der Waals surface area contributed by atoms with Crippen molar-refractivity contribution in [2.75, 3.05) is 11.9 Å². The van der Waals surface area contributed by atoms with Crippen molar-refractivity contribution in [3.05, 3.63) is 43.2 Å². The molecule has 4 aromatic rings. The van der Waals surface area contributed by atoms with Gasteiger partial charge in [0.05, 0.1) is 30.2 Å². The van der Waals surface area contributed by atoms with Crippen LogP contribution in [0.15, 0.2) is 43.2 Å². The number of imidazole rings is 1. The number of nitrogens with zero attached hydrogens (tertiary/aromatic N) is 7. The summed E-state index contributed by atoms with van der Waals surface area (Å²) in [7, 11) is 0. The number of anilines is 2. The number of rotatable bonds is 6. The third-order valence-electron chi connectivity index (χ3n) is 4.09. The summed E-state index contributed by atoms with van der Waals surface area (Å²) in [6.45, 7) is 6.63. The second kappa shape index (κ2) is 7.55. The number of ether oxygens (including phenoxy) is 1. The summed E-state index contributed by atoms with van der Waals surface area (Å²) in [6, 6.07) is 4.39. The Balaban J connectivity index is 1.59. The summed E-state index contributed by atoms with van der Waals surface area (Å²) in [6.07, 6.45) is 8.54. The molecule has 0 aliphatic rings. The summed E-state index contributed by atoms with van der Waals surface area (Å²) in [5.41, 5.74) is 2.57. The van der Waals surface area contributed by atoms with Crippen LogP contribution in [0.2, 0.25) is 0 Å². The third kappa shape index (κ3) is 3.59. The number of pyridine rings is 1. The maximum Gasteiger partial charge on any atom is 0.316 e. The minimum atomic E-state index is 0.311. The molecular weight excluding hydrogens is 356 g/mol. The van der Waals surface area contributed by atoms with Crippen LogP contribution >= 0.6 is 0 Å². The first-order valence-electron chi connectivity index (χ1n) is 9.02. The van der Waals surface area contributed by atoms with E-state index in [1.165, 1.54) is 0 Å². The minimum Gasteiger partial charge on any atom is -0.464 e. The lowest BCUT2D eigenvalue weighted by Gasteiger charge is -2.10. The number of nitrogens with one attached hydrogen (secondary N) is 1. The summed E-state index contributed by atoms with van der Waals surface area (Å²) in [5.74, 6) is 1.82. The van der Waals surface area contributed by atoms with Crippen molar-refractivity contribution in [3.8, 4) is 17.4 Å². The Morgan fingerprint density at radius 2 is 1.86 bits per heavy atom. The van der Waals surface area contributed by atoms with Gasteiger partial charge < -0.3 is 14.6 Å². The zero-order valence-corrected chi connectivity index (χ0v) is 15.9. The van der Waals surface area contributed by atoms with E-state index in [-0.39, 0.29) is 0 Å². The van der Waals surface area contributed by atoms with E-state index in [2.05, 4.69) is 53.6 Å². The first kappa shape index (κ1) is 17.8. The van der Waals surface area contributed by atoms with Gasteiger partial charge in [0, 0.05) is 30.7 Å². The highest BCUT2D eigenvalue weighted by atomic mass is 16.5. The van der Waals surface area contributed by atoms with Gasteiger partial charge in [0.2, 0.25) is 0 Å². The first-order valence-corrected chi connectivity index (χ1v) is 9.02. The van der Waals surface area contributed by atoms with Crippen molar-refractivity contribution >= 4 is 22.7 Å². The average Bonchev–Trinajstić information content (AvgIpc) is 3.13. The van der Waals surface area contributed by atoms with E-state index in [1.54, 1.807) is 30.9 Å². The zero-order chi connectivity index (χ0) is 19.5. The Labute approximate surface area is 161 Å². The van der Waals surface area contributed by atoms with Crippen LogP contribution in [0.3, 0.4) is 0 Å². The van der Waals surface area contributed by atoms with Gasteiger partial charge in [-0.3, -0.25) is 0 Å².